The molecule has 1 aliphatic carbocycles. The Labute approximate surface area is 120 Å². The number of carboxylic acid groups (broad SMARTS) is 1. The zero-order valence-electron chi connectivity index (χ0n) is 11.0. The first kappa shape index (κ1) is 13.4. The number of hydrogen-bond donors (Lipinski definition) is 3. The van der Waals surface area contributed by atoms with Crippen LogP contribution in [0, 0.1) is 0 Å². The number of carbonyl (C=O) groups is 2. The normalized spacial score (nSPS) is 25.1. The van der Waals surface area contributed by atoms with Gasteiger partial charge in [-0.25, -0.2) is 4.98 Å². The van der Waals surface area contributed by atoms with E-state index in [0.29, 0.717) is 19.4 Å². The van der Waals surface area contributed by atoms with Gasteiger partial charge in [0.25, 0.3) is 0 Å². The Morgan fingerprint density at radius 1 is 1.45 bits per heavy atom. The number of aryl methyl sites for hydroxylation is 1. The molecule has 2 aliphatic rings. The number of hydrogen-bond acceptors (Lipinski definition) is 5. The molecule has 1 fully saturated rings. The zero-order chi connectivity index (χ0) is 14.1. The lowest BCUT2D eigenvalue weighted by Crippen LogP contribution is -2.31. The molecule has 1 aromatic heterocycles. The number of anilines is 1. The lowest BCUT2D eigenvalue weighted by molar-refractivity contribution is -0.139. The van der Waals surface area contributed by atoms with Crippen molar-refractivity contribution in [1.82, 2.24) is 10.3 Å². The Bertz CT molecular complexity index is 543. The Morgan fingerprint density at radius 3 is 3.00 bits per heavy atom. The number of rotatable bonds is 4. The predicted molar refractivity (Wildman–Crippen MR) is 75.1 cm³/mol. The topological polar surface area (TPSA) is 91.3 Å². The summed E-state index contributed by atoms with van der Waals surface area (Å²) >= 11 is 1.54. The van der Waals surface area contributed by atoms with Crippen LogP contribution in [0.2, 0.25) is 0 Å². The van der Waals surface area contributed by atoms with Gasteiger partial charge in [0.15, 0.2) is 5.13 Å². The minimum Gasteiger partial charge on any atom is -0.481 e. The molecule has 1 saturated heterocycles. The second kappa shape index (κ2) is 5.40. The van der Waals surface area contributed by atoms with E-state index in [1.807, 2.05) is 0 Å². The molecule has 1 aromatic rings. The van der Waals surface area contributed by atoms with Gasteiger partial charge in [-0.1, -0.05) is 0 Å². The fraction of sp³-hybridized carbons (Fsp3) is 0.615. The van der Waals surface area contributed by atoms with E-state index in [1.54, 1.807) is 11.3 Å². The number of aromatic nitrogens is 1. The SMILES string of the molecule is O=C1CCC(CNc2nc3c(s2)CCCC3C(=O)O)N1. The summed E-state index contributed by atoms with van der Waals surface area (Å²) in [4.78, 5) is 27.9. The van der Waals surface area contributed by atoms with Gasteiger partial charge in [-0.05, 0) is 25.7 Å². The van der Waals surface area contributed by atoms with E-state index in [4.69, 9.17) is 0 Å². The third-order valence-electron chi connectivity index (χ3n) is 3.84. The van der Waals surface area contributed by atoms with Crippen LogP contribution in [-0.2, 0) is 16.0 Å². The van der Waals surface area contributed by atoms with Gasteiger partial charge in [-0.15, -0.1) is 11.3 Å². The molecular formula is C13H17N3O3S. The van der Waals surface area contributed by atoms with Gasteiger partial charge >= 0.3 is 5.97 Å². The van der Waals surface area contributed by atoms with Crippen LogP contribution in [-0.4, -0.2) is 34.6 Å². The maximum Gasteiger partial charge on any atom is 0.312 e. The summed E-state index contributed by atoms with van der Waals surface area (Å²) in [7, 11) is 0. The zero-order valence-corrected chi connectivity index (χ0v) is 11.8. The molecule has 108 valence electrons. The van der Waals surface area contributed by atoms with Gasteiger partial charge in [0, 0.05) is 23.9 Å². The number of amides is 1. The number of nitrogens with one attached hydrogen (secondary N) is 2. The number of carboxylic acids is 1. The summed E-state index contributed by atoms with van der Waals surface area (Å²) in [6.45, 7) is 0.649. The van der Waals surface area contributed by atoms with Crippen molar-refractivity contribution in [3.63, 3.8) is 0 Å². The van der Waals surface area contributed by atoms with E-state index in [9.17, 15) is 14.7 Å². The van der Waals surface area contributed by atoms with Gasteiger partial charge < -0.3 is 15.7 Å². The van der Waals surface area contributed by atoms with Crippen molar-refractivity contribution in [3.05, 3.63) is 10.6 Å². The number of carbonyl (C=O) groups excluding carboxylic acids is 1. The molecule has 1 aliphatic heterocycles. The Balaban J connectivity index is 1.66. The molecular weight excluding hydrogens is 278 g/mol. The maximum atomic E-state index is 11.2. The molecule has 0 spiro atoms. The summed E-state index contributed by atoms with van der Waals surface area (Å²) in [5, 5.41) is 16.1. The highest BCUT2D eigenvalue weighted by atomic mass is 32.1. The first-order chi connectivity index (χ1) is 9.63. The van der Waals surface area contributed by atoms with Crippen LogP contribution in [0.1, 0.15) is 42.2 Å². The third kappa shape index (κ3) is 2.63. The molecule has 7 heteroatoms. The predicted octanol–water partition coefficient (Wildman–Crippen LogP) is 1.34. The molecule has 1 amide bonds. The maximum absolute atomic E-state index is 11.2. The van der Waals surface area contributed by atoms with Crippen molar-refractivity contribution >= 4 is 28.3 Å². The van der Waals surface area contributed by atoms with Crippen LogP contribution in [0.4, 0.5) is 5.13 Å². The quantitative estimate of drug-likeness (QED) is 0.779. The fourth-order valence-corrected chi connectivity index (χ4v) is 3.85. The lowest BCUT2D eigenvalue weighted by Gasteiger charge is -2.16. The van der Waals surface area contributed by atoms with E-state index in [0.717, 1.165) is 35.0 Å². The smallest absolute Gasteiger partial charge is 0.312 e. The van der Waals surface area contributed by atoms with Crippen molar-refractivity contribution in [3.8, 4) is 0 Å². The van der Waals surface area contributed by atoms with Gasteiger partial charge in [0.05, 0.1) is 5.69 Å². The lowest BCUT2D eigenvalue weighted by atomic mass is 9.91. The fourth-order valence-electron chi connectivity index (χ4n) is 2.78. The summed E-state index contributed by atoms with van der Waals surface area (Å²) < 4.78 is 0. The van der Waals surface area contributed by atoms with Crippen molar-refractivity contribution < 1.29 is 14.7 Å². The first-order valence-electron chi connectivity index (χ1n) is 6.89. The molecule has 6 nitrogen and oxygen atoms in total. The van der Waals surface area contributed by atoms with Gasteiger partial charge in [0.2, 0.25) is 5.91 Å². The van der Waals surface area contributed by atoms with Gasteiger partial charge in [0.1, 0.15) is 5.92 Å². The summed E-state index contributed by atoms with van der Waals surface area (Å²) in [6, 6.07) is 0.152. The van der Waals surface area contributed by atoms with Crippen molar-refractivity contribution in [2.24, 2.45) is 0 Å². The minimum absolute atomic E-state index is 0.0983. The highest BCUT2D eigenvalue weighted by Crippen LogP contribution is 2.36. The summed E-state index contributed by atoms with van der Waals surface area (Å²) in [5.74, 6) is -1.15. The Hall–Kier alpha value is -1.63. The Kier molecular flexibility index (Phi) is 3.60. The van der Waals surface area contributed by atoms with Crippen LogP contribution in [0.5, 0.6) is 0 Å². The highest BCUT2D eigenvalue weighted by molar-refractivity contribution is 7.15. The molecule has 0 radical (unpaired) electrons. The van der Waals surface area contributed by atoms with E-state index in [-0.39, 0.29) is 11.9 Å². The highest BCUT2D eigenvalue weighted by Gasteiger charge is 2.30. The molecule has 2 heterocycles. The summed E-state index contributed by atoms with van der Waals surface area (Å²) in [5.41, 5.74) is 0.728. The van der Waals surface area contributed by atoms with E-state index < -0.39 is 11.9 Å². The molecule has 3 N–H and O–H groups in total. The number of nitrogens with zero attached hydrogens (tertiary/aromatic N) is 1. The standard InChI is InChI=1S/C13H17N3O3S/c17-10-5-4-7(15-10)6-14-13-16-11-8(12(18)19)2-1-3-9(11)20-13/h7-8H,1-6H2,(H,14,16)(H,15,17)(H,18,19). The second-order valence-electron chi connectivity index (χ2n) is 5.29. The Morgan fingerprint density at radius 2 is 2.30 bits per heavy atom. The monoisotopic (exact) mass is 295 g/mol. The minimum atomic E-state index is -0.786. The largest absolute Gasteiger partial charge is 0.481 e. The molecule has 3 rings (SSSR count). The first-order valence-corrected chi connectivity index (χ1v) is 7.71. The van der Waals surface area contributed by atoms with Crippen LogP contribution in [0.25, 0.3) is 0 Å². The molecule has 0 saturated carbocycles. The molecule has 2 atom stereocenters. The number of thiazole rings is 1. The van der Waals surface area contributed by atoms with E-state index in [2.05, 4.69) is 15.6 Å². The van der Waals surface area contributed by atoms with Crippen LogP contribution in [0.15, 0.2) is 0 Å². The average Bonchev–Trinajstić information content (AvgIpc) is 3.01. The van der Waals surface area contributed by atoms with Crippen molar-refractivity contribution in [2.45, 2.75) is 44.1 Å². The second-order valence-corrected chi connectivity index (χ2v) is 6.38. The number of fused-ring (bicyclic) bond motifs is 1. The van der Waals surface area contributed by atoms with E-state index in [1.165, 1.54) is 0 Å². The van der Waals surface area contributed by atoms with Crippen LogP contribution < -0.4 is 10.6 Å². The molecule has 0 aromatic carbocycles. The molecule has 2 unspecified atom stereocenters. The van der Waals surface area contributed by atoms with Crippen molar-refractivity contribution in [2.75, 3.05) is 11.9 Å². The molecule has 20 heavy (non-hydrogen) atoms. The van der Waals surface area contributed by atoms with E-state index >= 15 is 0 Å². The molecule has 0 bridgehead atoms. The third-order valence-corrected chi connectivity index (χ3v) is 4.93. The van der Waals surface area contributed by atoms with Crippen LogP contribution in [0.3, 0.4) is 0 Å². The van der Waals surface area contributed by atoms with Gasteiger partial charge in [-0.2, -0.15) is 0 Å². The average molecular weight is 295 g/mol. The number of aliphatic carboxylic acids is 1. The summed E-state index contributed by atoms with van der Waals surface area (Å²) in [6.07, 6.45) is 3.92. The van der Waals surface area contributed by atoms with Crippen molar-refractivity contribution in [1.29, 1.82) is 0 Å². The van der Waals surface area contributed by atoms with Crippen LogP contribution >= 0.6 is 11.3 Å². The van der Waals surface area contributed by atoms with Gasteiger partial charge in [-0.3, -0.25) is 9.59 Å².